The molecule has 4 rings (SSSR count). The third-order valence-electron chi connectivity index (χ3n) is 8.78. The summed E-state index contributed by atoms with van der Waals surface area (Å²) < 4.78 is 32.1. The van der Waals surface area contributed by atoms with Crippen LogP contribution >= 0.6 is 0 Å². The van der Waals surface area contributed by atoms with Crippen LogP contribution in [0.5, 0.6) is 0 Å². The van der Waals surface area contributed by atoms with Gasteiger partial charge in [0.05, 0.1) is 6.10 Å². The quantitative estimate of drug-likeness (QED) is 0.646. The Morgan fingerprint density at radius 2 is 1.93 bits per heavy atom. The van der Waals surface area contributed by atoms with Crippen LogP contribution in [0.4, 0.5) is 8.78 Å². The van der Waals surface area contributed by atoms with E-state index in [9.17, 15) is 24.9 Å². The van der Waals surface area contributed by atoms with Gasteiger partial charge >= 0.3 is 0 Å². The largest absolute Gasteiger partial charge is 0.390 e. The molecule has 9 atom stereocenters. The topological polar surface area (TPSA) is 94.8 Å². The Kier molecular flexibility index (Phi) is 4.34. The van der Waals surface area contributed by atoms with Crippen molar-refractivity contribution in [3.05, 3.63) is 23.8 Å². The second-order valence-electron chi connectivity index (χ2n) is 9.84. The molecule has 4 aliphatic carbocycles. The molecule has 0 bridgehead atoms. The SMILES string of the molecule is C[C@H]1C[C@H]2[C@@H]3C[C@H](F)C4=CC(=O)C=C[C@]4(C)[C@@]3(F)[C@H](O)C[C@]2(C)[C@]1(O)C(=O)CO. The molecule has 5 nitrogen and oxygen atoms in total. The number of hydrogen-bond donors (Lipinski definition) is 3. The second kappa shape index (κ2) is 6.05. The Hall–Kier alpha value is -1.44. The van der Waals surface area contributed by atoms with Crippen molar-refractivity contribution < 1.29 is 33.7 Å². The summed E-state index contributed by atoms with van der Waals surface area (Å²) in [4.78, 5) is 24.3. The fourth-order valence-electron chi connectivity index (χ4n) is 7.25. The lowest BCUT2D eigenvalue weighted by Crippen LogP contribution is -2.70. The maximum Gasteiger partial charge on any atom is 0.190 e. The average molecular weight is 410 g/mol. The normalized spacial score (nSPS) is 53.7. The molecule has 0 radical (unpaired) electrons. The Morgan fingerprint density at radius 1 is 1.28 bits per heavy atom. The van der Waals surface area contributed by atoms with Crippen molar-refractivity contribution in [2.75, 3.05) is 6.61 Å². The Bertz CT molecular complexity index is 839. The van der Waals surface area contributed by atoms with Crippen molar-refractivity contribution in [2.45, 2.75) is 63.6 Å². The zero-order valence-corrected chi connectivity index (χ0v) is 16.9. The van der Waals surface area contributed by atoms with E-state index in [1.54, 1.807) is 13.8 Å². The molecule has 3 N–H and O–H groups in total. The van der Waals surface area contributed by atoms with Gasteiger partial charge in [-0.15, -0.1) is 0 Å². The first-order valence-electron chi connectivity index (χ1n) is 10.2. The van der Waals surface area contributed by atoms with Crippen molar-refractivity contribution in [3.8, 4) is 0 Å². The lowest BCUT2D eigenvalue weighted by molar-refractivity contribution is -0.223. The number of carbonyl (C=O) groups excluding carboxylic acids is 2. The first kappa shape index (κ1) is 20.8. The minimum Gasteiger partial charge on any atom is -0.390 e. The smallest absolute Gasteiger partial charge is 0.190 e. The molecule has 4 aliphatic rings. The second-order valence-corrected chi connectivity index (χ2v) is 9.84. The van der Waals surface area contributed by atoms with Gasteiger partial charge in [-0.25, -0.2) is 8.78 Å². The van der Waals surface area contributed by atoms with E-state index in [4.69, 9.17) is 0 Å². The minimum atomic E-state index is -2.24. The standard InChI is InChI=1S/C22H28F2O5/c1-11-6-13-14-8-16(23)15-7-12(26)4-5-19(15,2)21(14,24)17(27)9-20(13,3)22(11,29)18(28)10-25/h4-5,7,11,13-14,16-17,25,27,29H,6,8-10H2,1-3H3/t11-,13-,14-,16-,17+,19-,20-,21-,22+/m0/s1. The van der Waals surface area contributed by atoms with Crippen LogP contribution in [0.25, 0.3) is 0 Å². The van der Waals surface area contributed by atoms with Gasteiger partial charge in [-0.3, -0.25) is 9.59 Å². The third kappa shape index (κ3) is 2.19. The van der Waals surface area contributed by atoms with Gasteiger partial charge in [0.15, 0.2) is 17.2 Å². The van der Waals surface area contributed by atoms with Crippen LogP contribution in [0.2, 0.25) is 0 Å². The summed E-state index contributed by atoms with van der Waals surface area (Å²) in [5, 5.41) is 31.9. The summed E-state index contributed by atoms with van der Waals surface area (Å²) in [6, 6.07) is 0. The van der Waals surface area contributed by atoms with Crippen LogP contribution in [-0.4, -0.2) is 57.0 Å². The molecule has 0 spiro atoms. The number of carbonyl (C=O) groups is 2. The molecule has 0 heterocycles. The van der Waals surface area contributed by atoms with Crippen LogP contribution in [0, 0.1) is 28.6 Å². The van der Waals surface area contributed by atoms with Gasteiger partial charge in [0.2, 0.25) is 0 Å². The first-order valence-corrected chi connectivity index (χ1v) is 10.2. The van der Waals surface area contributed by atoms with Gasteiger partial charge in [0.25, 0.3) is 0 Å². The zero-order valence-electron chi connectivity index (χ0n) is 16.9. The average Bonchev–Trinajstić information content (AvgIpc) is 2.86. The van der Waals surface area contributed by atoms with E-state index in [1.165, 1.54) is 19.1 Å². The summed E-state index contributed by atoms with van der Waals surface area (Å²) in [6.45, 7) is 3.96. The highest BCUT2D eigenvalue weighted by Gasteiger charge is 2.76. The van der Waals surface area contributed by atoms with E-state index < -0.39 is 70.3 Å². The van der Waals surface area contributed by atoms with Crippen LogP contribution in [0.15, 0.2) is 23.8 Å². The van der Waals surface area contributed by atoms with Crippen molar-refractivity contribution in [3.63, 3.8) is 0 Å². The van der Waals surface area contributed by atoms with E-state index in [1.807, 2.05) is 0 Å². The molecule has 0 unspecified atom stereocenters. The molecule has 160 valence electrons. The van der Waals surface area contributed by atoms with E-state index in [-0.39, 0.29) is 24.8 Å². The number of ketones is 2. The molecule has 0 amide bonds. The fraction of sp³-hybridized carbons (Fsp3) is 0.727. The minimum absolute atomic E-state index is 0.0409. The number of fused-ring (bicyclic) bond motifs is 5. The lowest BCUT2D eigenvalue weighted by atomic mass is 9.44. The monoisotopic (exact) mass is 410 g/mol. The van der Waals surface area contributed by atoms with E-state index in [2.05, 4.69) is 0 Å². The zero-order chi connectivity index (χ0) is 21.6. The number of halogens is 2. The molecule has 3 saturated carbocycles. The van der Waals surface area contributed by atoms with Gasteiger partial charge in [0, 0.05) is 16.7 Å². The van der Waals surface area contributed by atoms with Crippen LogP contribution < -0.4 is 0 Å². The molecule has 0 aromatic heterocycles. The van der Waals surface area contributed by atoms with Crippen LogP contribution in [-0.2, 0) is 9.59 Å². The number of rotatable bonds is 2. The van der Waals surface area contributed by atoms with Crippen LogP contribution in [0.1, 0.15) is 40.0 Å². The van der Waals surface area contributed by atoms with Gasteiger partial charge in [0.1, 0.15) is 18.4 Å². The molecule has 0 aromatic rings. The number of aliphatic hydroxyl groups is 3. The van der Waals surface area contributed by atoms with Crippen molar-refractivity contribution >= 4 is 11.6 Å². The van der Waals surface area contributed by atoms with Gasteiger partial charge < -0.3 is 15.3 Å². The highest BCUT2D eigenvalue weighted by Crippen LogP contribution is 2.70. The number of aliphatic hydroxyl groups excluding tert-OH is 2. The van der Waals surface area contributed by atoms with Crippen molar-refractivity contribution in [2.24, 2.45) is 28.6 Å². The first-order chi connectivity index (χ1) is 13.4. The Morgan fingerprint density at radius 3 is 2.55 bits per heavy atom. The van der Waals surface area contributed by atoms with Crippen LogP contribution in [0.3, 0.4) is 0 Å². The van der Waals surface area contributed by atoms with Crippen molar-refractivity contribution in [1.29, 1.82) is 0 Å². The van der Waals surface area contributed by atoms with Gasteiger partial charge in [-0.2, -0.15) is 0 Å². The van der Waals surface area contributed by atoms with Gasteiger partial charge in [-0.05, 0) is 55.7 Å². The number of Topliss-reactive ketones (excluding diaryl/α,β-unsaturated/α-hetero) is 1. The number of allylic oxidation sites excluding steroid dienone is 4. The predicted octanol–water partition coefficient (Wildman–Crippen LogP) is 1.84. The fourth-order valence-corrected chi connectivity index (χ4v) is 7.25. The van der Waals surface area contributed by atoms with Gasteiger partial charge in [-0.1, -0.05) is 19.9 Å². The summed E-state index contributed by atoms with van der Waals surface area (Å²) >= 11 is 0. The van der Waals surface area contributed by atoms with E-state index in [0.29, 0.717) is 0 Å². The highest BCUT2D eigenvalue weighted by atomic mass is 19.1. The maximum atomic E-state index is 16.9. The van der Waals surface area contributed by atoms with E-state index in [0.717, 1.165) is 6.08 Å². The molecule has 7 heteroatoms. The Labute approximate surface area is 168 Å². The lowest BCUT2D eigenvalue weighted by Gasteiger charge is -2.63. The molecule has 0 aliphatic heterocycles. The highest BCUT2D eigenvalue weighted by molar-refractivity contribution is 6.01. The Balaban J connectivity index is 1.87. The molecule has 0 saturated heterocycles. The summed E-state index contributed by atoms with van der Waals surface area (Å²) in [7, 11) is 0. The molecular formula is C22H28F2O5. The van der Waals surface area contributed by atoms with Crippen molar-refractivity contribution in [1.82, 2.24) is 0 Å². The number of alkyl halides is 2. The molecule has 3 fully saturated rings. The summed E-state index contributed by atoms with van der Waals surface area (Å²) in [5.74, 6) is -3.24. The predicted molar refractivity (Wildman–Crippen MR) is 100 cm³/mol. The molecule has 0 aromatic carbocycles. The summed E-state index contributed by atoms with van der Waals surface area (Å²) in [6.07, 6.45) is 0.427. The third-order valence-corrected chi connectivity index (χ3v) is 8.78. The summed E-state index contributed by atoms with van der Waals surface area (Å²) in [5.41, 5.74) is -6.81. The number of hydrogen-bond acceptors (Lipinski definition) is 5. The molecular weight excluding hydrogens is 382 g/mol. The van der Waals surface area contributed by atoms with E-state index >= 15 is 8.78 Å². The molecule has 29 heavy (non-hydrogen) atoms. The maximum absolute atomic E-state index is 16.9.